The lowest BCUT2D eigenvalue weighted by Crippen LogP contribution is -2.02. The molecule has 2 atom stereocenters. The van der Waals surface area contributed by atoms with Gasteiger partial charge in [0.25, 0.3) is 0 Å². The lowest BCUT2D eigenvalue weighted by molar-refractivity contribution is 0.151. The molecule has 0 aliphatic carbocycles. The zero-order valence-electron chi connectivity index (χ0n) is 6.13. The summed E-state index contributed by atoms with van der Waals surface area (Å²) in [5, 5.41) is 8.78. The van der Waals surface area contributed by atoms with E-state index in [9.17, 15) is 0 Å². The molecule has 0 saturated carbocycles. The van der Waals surface area contributed by atoms with E-state index in [4.69, 9.17) is 9.84 Å². The van der Waals surface area contributed by atoms with Gasteiger partial charge in [0.05, 0.1) is 0 Å². The van der Waals surface area contributed by atoms with Crippen LogP contribution in [0.4, 0.5) is 0 Å². The highest BCUT2D eigenvalue weighted by Crippen LogP contribution is 2.10. The quantitative estimate of drug-likeness (QED) is 0.498. The van der Waals surface area contributed by atoms with Crippen molar-refractivity contribution in [1.82, 2.24) is 0 Å². The van der Waals surface area contributed by atoms with Crippen LogP contribution in [0.15, 0.2) is 0 Å². The molecule has 2 heteroatoms. The lowest BCUT2D eigenvalue weighted by Gasteiger charge is -1.97. The molecule has 0 bridgehead atoms. The first kappa shape index (κ1) is 7.59. The third-order valence-corrected chi connectivity index (χ3v) is 1.38. The lowest BCUT2D eigenvalue weighted by atomic mass is 10.2. The fourth-order valence-electron chi connectivity index (χ4n) is 0.905. The third kappa shape index (κ3) is 2.38. The summed E-state index contributed by atoms with van der Waals surface area (Å²) in [4.78, 5) is 0. The Morgan fingerprint density at radius 1 is 1.70 bits per heavy atom. The van der Waals surface area contributed by atoms with E-state index in [-0.39, 0.29) is 6.10 Å². The first-order chi connectivity index (χ1) is 4.79. The first-order valence-corrected chi connectivity index (χ1v) is 3.60. The van der Waals surface area contributed by atoms with Crippen LogP contribution in [-0.2, 0) is 4.74 Å². The van der Waals surface area contributed by atoms with E-state index in [1.165, 1.54) is 0 Å². The van der Waals surface area contributed by atoms with Crippen LogP contribution < -0.4 is 0 Å². The molecule has 1 rings (SSSR count). The van der Waals surface area contributed by atoms with E-state index in [0.29, 0.717) is 0 Å². The number of hydrogen-bond acceptors (Lipinski definition) is 2. The van der Waals surface area contributed by atoms with Gasteiger partial charge in [0.1, 0.15) is 12.2 Å². The van der Waals surface area contributed by atoms with Gasteiger partial charge in [-0.15, -0.1) is 0 Å². The van der Waals surface area contributed by atoms with Gasteiger partial charge in [-0.1, -0.05) is 11.8 Å². The Kier molecular flexibility index (Phi) is 2.73. The molecule has 0 amide bonds. The van der Waals surface area contributed by atoms with Crippen molar-refractivity contribution >= 4 is 0 Å². The summed E-state index contributed by atoms with van der Waals surface area (Å²) in [6.07, 6.45) is 1.66. The Hall–Kier alpha value is -0.520. The normalized spacial score (nSPS) is 27.2. The third-order valence-electron chi connectivity index (χ3n) is 1.38. The summed E-state index contributed by atoms with van der Waals surface area (Å²) in [7, 11) is 0. The van der Waals surface area contributed by atoms with Gasteiger partial charge in [-0.2, -0.15) is 0 Å². The SMILES string of the molecule is C[C@@H](O)C#C[C@@H]1CCCO1. The van der Waals surface area contributed by atoms with Crippen LogP contribution in [0.5, 0.6) is 0 Å². The van der Waals surface area contributed by atoms with Crippen molar-refractivity contribution in [1.29, 1.82) is 0 Å². The Bertz CT molecular complexity index is 146. The van der Waals surface area contributed by atoms with Crippen LogP contribution >= 0.6 is 0 Å². The Morgan fingerprint density at radius 2 is 2.50 bits per heavy atom. The van der Waals surface area contributed by atoms with Gasteiger partial charge in [-0.05, 0) is 19.8 Å². The van der Waals surface area contributed by atoms with Crippen LogP contribution in [-0.4, -0.2) is 23.9 Å². The van der Waals surface area contributed by atoms with Crippen LogP contribution in [0.3, 0.4) is 0 Å². The minimum atomic E-state index is -0.524. The number of hydrogen-bond donors (Lipinski definition) is 1. The second-order valence-corrected chi connectivity index (χ2v) is 2.47. The van der Waals surface area contributed by atoms with Gasteiger partial charge in [0.2, 0.25) is 0 Å². The van der Waals surface area contributed by atoms with E-state index < -0.39 is 6.10 Å². The minimum absolute atomic E-state index is 0.0783. The van der Waals surface area contributed by atoms with Gasteiger partial charge in [-0.25, -0.2) is 0 Å². The monoisotopic (exact) mass is 140 g/mol. The van der Waals surface area contributed by atoms with Gasteiger partial charge < -0.3 is 9.84 Å². The Balaban J connectivity index is 2.31. The molecule has 56 valence electrons. The minimum Gasteiger partial charge on any atom is -0.381 e. The maximum Gasteiger partial charge on any atom is 0.118 e. The first-order valence-electron chi connectivity index (χ1n) is 3.60. The van der Waals surface area contributed by atoms with Crippen molar-refractivity contribution in [3.05, 3.63) is 0 Å². The number of ether oxygens (including phenoxy) is 1. The van der Waals surface area contributed by atoms with Crippen molar-refractivity contribution in [2.45, 2.75) is 32.0 Å². The maximum atomic E-state index is 8.78. The molecule has 1 heterocycles. The zero-order chi connectivity index (χ0) is 7.40. The van der Waals surface area contributed by atoms with Crippen molar-refractivity contribution in [3.63, 3.8) is 0 Å². The van der Waals surface area contributed by atoms with Crippen molar-refractivity contribution < 1.29 is 9.84 Å². The molecule has 0 radical (unpaired) electrons. The van der Waals surface area contributed by atoms with Crippen molar-refractivity contribution in [2.24, 2.45) is 0 Å². The number of aliphatic hydroxyl groups is 1. The van der Waals surface area contributed by atoms with Gasteiger partial charge >= 0.3 is 0 Å². The van der Waals surface area contributed by atoms with E-state index >= 15 is 0 Å². The van der Waals surface area contributed by atoms with Gasteiger partial charge in [0, 0.05) is 6.61 Å². The molecule has 10 heavy (non-hydrogen) atoms. The molecule has 1 aliphatic heterocycles. The van der Waals surface area contributed by atoms with E-state index in [1.54, 1.807) is 6.92 Å². The number of rotatable bonds is 0. The molecule has 1 aliphatic rings. The van der Waals surface area contributed by atoms with E-state index in [1.807, 2.05) is 0 Å². The molecular formula is C8H12O2. The van der Waals surface area contributed by atoms with E-state index in [0.717, 1.165) is 19.4 Å². The van der Waals surface area contributed by atoms with Crippen LogP contribution in [0.1, 0.15) is 19.8 Å². The standard InChI is InChI=1S/C8H12O2/c1-7(9)4-5-8-3-2-6-10-8/h7-9H,2-3,6H2,1H3/t7-,8+/m1/s1. The summed E-state index contributed by atoms with van der Waals surface area (Å²) in [5.74, 6) is 5.53. The summed E-state index contributed by atoms with van der Waals surface area (Å²) in [6.45, 7) is 2.47. The van der Waals surface area contributed by atoms with Crippen LogP contribution in [0.25, 0.3) is 0 Å². The highest BCUT2D eigenvalue weighted by atomic mass is 16.5. The Morgan fingerprint density at radius 3 is 3.00 bits per heavy atom. The highest BCUT2D eigenvalue weighted by Gasteiger charge is 2.11. The molecular weight excluding hydrogens is 128 g/mol. The van der Waals surface area contributed by atoms with Crippen LogP contribution in [0, 0.1) is 11.8 Å². The Labute approximate surface area is 61.2 Å². The second-order valence-electron chi connectivity index (χ2n) is 2.47. The molecule has 1 saturated heterocycles. The van der Waals surface area contributed by atoms with Crippen molar-refractivity contribution in [3.8, 4) is 11.8 Å². The molecule has 0 aromatic carbocycles. The van der Waals surface area contributed by atoms with Gasteiger partial charge in [0.15, 0.2) is 0 Å². The molecule has 1 N–H and O–H groups in total. The predicted octanol–water partition coefficient (Wildman–Crippen LogP) is 0.550. The summed E-state index contributed by atoms with van der Waals surface area (Å²) < 4.78 is 5.22. The fraction of sp³-hybridized carbons (Fsp3) is 0.750. The molecule has 1 fully saturated rings. The maximum absolute atomic E-state index is 8.78. The second kappa shape index (κ2) is 3.60. The smallest absolute Gasteiger partial charge is 0.118 e. The average Bonchev–Trinajstić information content (AvgIpc) is 2.34. The predicted molar refractivity (Wildman–Crippen MR) is 38.4 cm³/mol. The number of aliphatic hydroxyl groups excluding tert-OH is 1. The molecule has 0 aromatic rings. The largest absolute Gasteiger partial charge is 0.381 e. The summed E-state index contributed by atoms with van der Waals surface area (Å²) in [5.41, 5.74) is 0. The topological polar surface area (TPSA) is 29.5 Å². The summed E-state index contributed by atoms with van der Waals surface area (Å²) in [6, 6.07) is 0. The zero-order valence-corrected chi connectivity index (χ0v) is 6.13. The van der Waals surface area contributed by atoms with Gasteiger partial charge in [-0.3, -0.25) is 0 Å². The average molecular weight is 140 g/mol. The molecule has 0 unspecified atom stereocenters. The molecule has 0 aromatic heterocycles. The van der Waals surface area contributed by atoms with Crippen molar-refractivity contribution in [2.75, 3.05) is 6.61 Å². The summed E-state index contributed by atoms with van der Waals surface area (Å²) >= 11 is 0. The van der Waals surface area contributed by atoms with Crippen LogP contribution in [0.2, 0.25) is 0 Å². The highest BCUT2D eigenvalue weighted by molar-refractivity contribution is 5.09. The molecule has 0 spiro atoms. The molecule has 2 nitrogen and oxygen atoms in total. The fourth-order valence-corrected chi connectivity index (χ4v) is 0.905. The van der Waals surface area contributed by atoms with E-state index in [2.05, 4.69) is 11.8 Å².